The molecule has 0 aliphatic carbocycles. The van der Waals surface area contributed by atoms with Gasteiger partial charge >= 0.3 is 0 Å². The highest BCUT2D eigenvalue weighted by Gasteiger charge is 2.16. The van der Waals surface area contributed by atoms with Crippen molar-refractivity contribution in [3.05, 3.63) is 18.5 Å². The van der Waals surface area contributed by atoms with E-state index in [-0.39, 0.29) is 5.60 Å². The molecule has 1 heterocycles. The average Bonchev–Trinajstić information content (AvgIpc) is 2.35. The molecule has 2 N–H and O–H groups in total. The molecule has 0 unspecified atom stereocenters. The average molecular weight is 251 g/mol. The highest BCUT2D eigenvalue weighted by molar-refractivity contribution is 5.54. The fourth-order valence-corrected chi connectivity index (χ4v) is 1.66. The fraction of sp³-hybridized carbons (Fsp3) is 0.643. The first-order valence-corrected chi connectivity index (χ1v) is 6.64. The summed E-state index contributed by atoms with van der Waals surface area (Å²) in [5, 5.41) is 6.68. The summed E-state index contributed by atoms with van der Waals surface area (Å²) in [7, 11) is 0. The van der Waals surface area contributed by atoms with Crippen LogP contribution in [0, 0.1) is 0 Å². The molecule has 0 spiro atoms. The number of anilines is 2. The summed E-state index contributed by atoms with van der Waals surface area (Å²) in [6.45, 7) is 10.8. The second-order valence-corrected chi connectivity index (χ2v) is 4.94. The minimum atomic E-state index is -0.165. The van der Waals surface area contributed by atoms with Crippen molar-refractivity contribution in [2.24, 2.45) is 0 Å². The smallest absolute Gasteiger partial charge is 0.0797 e. The molecule has 0 bridgehead atoms. The van der Waals surface area contributed by atoms with Gasteiger partial charge in [-0.2, -0.15) is 0 Å². The van der Waals surface area contributed by atoms with Crippen molar-refractivity contribution >= 4 is 11.4 Å². The van der Waals surface area contributed by atoms with Crippen LogP contribution in [0.25, 0.3) is 0 Å². The molecular weight excluding hydrogens is 226 g/mol. The molecule has 1 aromatic heterocycles. The lowest BCUT2D eigenvalue weighted by Gasteiger charge is -2.25. The molecule has 0 atom stereocenters. The molecule has 0 saturated carbocycles. The Morgan fingerprint density at radius 2 is 1.83 bits per heavy atom. The van der Waals surface area contributed by atoms with Crippen LogP contribution in [0.1, 0.15) is 34.1 Å². The molecule has 0 amide bonds. The number of nitrogens with one attached hydrogen (secondary N) is 2. The Bertz CT molecular complexity index is 353. The van der Waals surface area contributed by atoms with Gasteiger partial charge in [-0.25, -0.2) is 0 Å². The lowest BCUT2D eigenvalue weighted by Crippen LogP contribution is -2.33. The first-order chi connectivity index (χ1) is 8.57. The van der Waals surface area contributed by atoms with Crippen LogP contribution < -0.4 is 10.6 Å². The first-order valence-electron chi connectivity index (χ1n) is 6.64. The molecule has 1 aromatic rings. The second kappa shape index (κ2) is 7.21. The van der Waals surface area contributed by atoms with Gasteiger partial charge in [-0.05, 0) is 33.3 Å². The largest absolute Gasteiger partial charge is 0.384 e. The van der Waals surface area contributed by atoms with Crippen LogP contribution >= 0.6 is 0 Å². The van der Waals surface area contributed by atoms with Crippen molar-refractivity contribution in [2.45, 2.75) is 39.7 Å². The van der Waals surface area contributed by atoms with Gasteiger partial charge in [-0.15, -0.1) is 0 Å². The van der Waals surface area contributed by atoms with Crippen LogP contribution in [0.4, 0.5) is 11.4 Å². The van der Waals surface area contributed by atoms with E-state index in [0.717, 1.165) is 37.5 Å². The Labute approximate surface area is 110 Å². The Balaban J connectivity index is 2.51. The zero-order chi connectivity index (χ0) is 13.4. The quantitative estimate of drug-likeness (QED) is 0.745. The molecule has 0 aliphatic heterocycles. The van der Waals surface area contributed by atoms with E-state index < -0.39 is 0 Å². The molecule has 0 saturated heterocycles. The zero-order valence-electron chi connectivity index (χ0n) is 11.9. The molecule has 4 nitrogen and oxygen atoms in total. The van der Waals surface area contributed by atoms with Crippen molar-refractivity contribution in [3.8, 4) is 0 Å². The molecule has 0 aliphatic rings. The van der Waals surface area contributed by atoms with E-state index in [9.17, 15) is 0 Å². The maximum Gasteiger partial charge on any atom is 0.0797 e. The van der Waals surface area contributed by atoms with Gasteiger partial charge in [0.2, 0.25) is 0 Å². The molecule has 0 radical (unpaired) electrons. The van der Waals surface area contributed by atoms with Crippen LogP contribution in [-0.4, -0.2) is 30.3 Å². The van der Waals surface area contributed by atoms with E-state index in [0.29, 0.717) is 0 Å². The summed E-state index contributed by atoms with van der Waals surface area (Å²) in [4.78, 5) is 4.22. The second-order valence-electron chi connectivity index (χ2n) is 4.94. The van der Waals surface area contributed by atoms with Crippen LogP contribution in [0.5, 0.6) is 0 Å². The number of hydrogen-bond acceptors (Lipinski definition) is 4. The standard InChI is InChI=1S/C14H25N3O/c1-5-7-16-12-8-13(10-15-9-12)17-11-14(3,4)18-6-2/h8-10,16-17H,5-7,11H2,1-4H3. The SMILES string of the molecule is CCCNc1cncc(NCC(C)(C)OCC)c1. The van der Waals surface area contributed by atoms with E-state index in [1.165, 1.54) is 0 Å². The van der Waals surface area contributed by atoms with Crippen LogP contribution in [-0.2, 0) is 4.74 Å². The Morgan fingerprint density at radius 3 is 2.44 bits per heavy atom. The van der Waals surface area contributed by atoms with Gasteiger partial charge in [-0.1, -0.05) is 6.92 Å². The fourth-order valence-electron chi connectivity index (χ4n) is 1.66. The Morgan fingerprint density at radius 1 is 1.17 bits per heavy atom. The van der Waals surface area contributed by atoms with E-state index in [1.54, 1.807) is 0 Å². The van der Waals surface area contributed by atoms with Crippen molar-refractivity contribution < 1.29 is 4.74 Å². The molecule has 102 valence electrons. The Hall–Kier alpha value is -1.29. The van der Waals surface area contributed by atoms with E-state index in [2.05, 4.69) is 42.5 Å². The predicted octanol–water partition coefficient (Wildman–Crippen LogP) is 3.13. The summed E-state index contributed by atoms with van der Waals surface area (Å²) in [5.74, 6) is 0. The normalized spacial score (nSPS) is 11.3. The van der Waals surface area contributed by atoms with Gasteiger partial charge < -0.3 is 15.4 Å². The lowest BCUT2D eigenvalue weighted by molar-refractivity contribution is 0.000695. The molecule has 1 rings (SSSR count). The number of nitrogens with zero attached hydrogens (tertiary/aromatic N) is 1. The molecule has 0 aromatic carbocycles. The van der Waals surface area contributed by atoms with E-state index in [4.69, 9.17) is 4.74 Å². The van der Waals surface area contributed by atoms with Gasteiger partial charge in [0.15, 0.2) is 0 Å². The molecular formula is C14H25N3O. The Kier molecular flexibility index (Phi) is 5.92. The van der Waals surface area contributed by atoms with Crippen LogP contribution in [0.15, 0.2) is 18.5 Å². The number of aromatic nitrogens is 1. The monoisotopic (exact) mass is 251 g/mol. The molecule has 4 heteroatoms. The summed E-state index contributed by atoms with van der Waals surface area (Å²) in [5.41, 5.74) is 1.90. The van der Waals surface area contributed by atoms with Crippen LogP contribution in [0.2, 0.25) is 0 Å². The van der Waals surface area contributed by atoms with Gasteiger partial charge in [0.25, 0.3) is 0 Å². The third-order valence-electron chi connectivity index (χ3n) is 2.57. The van der Waals surface area contributed by atoms with Gasteiger partial charge in [0.05, 0.1) is 29.4 Å². The van der Waals surface area contributed by atoms with E-state index >= 15 is 0 Å². The molecule has 0 fully saturated rings. The third kappa shape index (κ3) is 5.36. The number of pyridine rings is 1. The molecule has 18 heavy (non-hydrogen) atoms. The number of rotatable bonds is 8. The number of hydrogen-bond donors (Lipinski definition) is 2. The highest BCUT2D eigenvalue weighted by atomic mass is 16.5. The number of ether oxygens (including phenoxy) is 1. The zero-order valence-corrected chi connectivity index (χ0v) is 11.9. The van der Waals surface area contributed by atoms with E-state index in [1.807, 2.05) is 19.3 Å². The summed E-state index contributed by atoms with van der Waals surface area (Å²) in [6.07, 6.45) is 4.78. The minimum Gasteiger partial charge on any atom is -0.384 e. The van der Waals surface area contributed by atoms with Crippen molar-refractivity contribution in [2.75, 3.05) is 30.3 Å². The lowest BCUT2D eigenvalue weighted by atomic mass is 10.1. The van der Waals surface area contributed by atoms with Gasteiger partial charge in [0, 0.05) is 19.7 Å². The topological polar surface area (TPSA) is 46.2 Å². The van der Waals surface area contributed by atoms with Crippen LogP contribution in [0.3, 0.4) is 0 Å². The summed E-state index contributed by atoms with van der Waals surface area (Å²) < 4.78 is 5.65. The summed E-state index contributed by atoms with van der Waals surface area (Å²) in [6, 6.07) is 2.07. The maximum absolute atomic E-state index is 5.65. The highest BCUT2D eigenvalue weighted by Crippen LogP contribution is 2.15. The van der Waals surface area contributed by atoms with Crippen molar-refractivity contribution in [1.29, 1.82) is 0 Å². The van der Waals surface area contributed by atoms with Crippen molar-refractivity contribution in [1.82, 2.24) is 4.98 Å². The van der Waals surface area contributed by atoms with Crippen molar-refractivity contribution in [3.63, 3.8) is 0 Å². The summed E-state index contributed by atoms with van der Waals surface area (Å²) >= 11 is 0. The van der Waals surface area contributed by atoms with Gasteiger partial charge in [-0.3, -0.25) is 4.98 Å². The third-order valence-corrected chi connectivity index (χ3v) is 2.57. The predicted molar refractivity (Wildman–Crippen MR) is 77.2 cm³/mol. The maximum atomic E-state index is 5.65. The minimum absolute atomic E-state index is 0.165. The van der Waals surface area contributed by atoms with Gasteiger partial charge in [0.1, 0.15) is 0 Å². The first kappa shape index (κ1) is 14.8.